The molecule has 0 saturated carbocycles. The van der Waals surface area contributed by atoms with Crippen LogP contribution >= 0.6 is 0 Å². The first-order chi connectivity index (χ1) is 23.3. The van der Waals surface area contributed by atoms with Crippen molar-refractivity contribution in [3.8, 4) is 16.9 Å². The van der Waals surface area contributed by atoms with Crippen LogP contribution in [0.1, 0.15) is 64.2 Å². The molecule has 1 aliphatic heterocycles. The third kappa shape index (κ3) is 7.04. The lowest BCUT2D eigenvalue weighted by Gasteiger charge is -2.32. The van der Waals surface area contributed by atoms with Crippen molar-refractivity contribution in [2.24, 2.45) is 7.05 Å². The summed E-state index contributed by atoms with van der Waals surface area (Å²) in [5.74, 6) is -0.0348. The van der Waals surface area contributed by atoms with E-state index in [4.69, 9.17) is 0 Å². The Kier molecular flexibility index (Phi) is 9.25. The average molecular weight is 665 g/mol. The maximum absolute atomic E-state index is 15.4. The second-order valence-electron chi connectivity index (χ2n) is 14.4. The predicted molar refractivity (Wildman–Crippen MR) is 193 cm³/mol. The molecule has 49 heavy (non-hydrogen) atoms. The van der Waals surface area contributed by atoms with E-state index in [1.54, 1.807) is 25.2 Å². The smallest absolute Gasteiger partial charge is 0.290 e. The highest BCUT2D eigenvalue weighted by atomic mass is 19.1. The molecule has 0 radical (unpaired) electrons. The van der Waals surface area contributed by atoms with Crippen molar-refractivity contribution in [3.05, 3.63) is 104 Å². The van der Waals surface area contributed by atoms with Crippen LogP contribution in [-0.4, -0.2) is 54.6 Å². The first kappa shape index (κ1) is 34.1. The molecule has 1 aliphatic rings. The Morgan fingerprint density at radius 2 is 1.88 bits per heavy atom. The Bertz CT molecular complexity index is 2130. The number of halogens is 1. The van der Waals surface area contributed by atoms with E-state index in [9.17, 15) is 9.59 Å². The molecule has 11 heteroatoms. The van der Waals surface area contributed by atoms with Gasteiger partial charge in [-0.05, 0) is 92.2 Å². The van der Waals surface area contributed by atoms with Crippen LogP contribution < -0.4 is 21.8 Å². The van der Waals surface area contributed by atoms with E-state index >= 15 is 4.39 Å². The summed E-state index contributed by atoms with van der Waals surface area (Å²) in [6.45, 7) is 16.1. The van der Waals surface area contributed by atoms with Crippen molar-refractivity contribution in [1.82, 2.24) is 34.8 Å². The van der Waals surface area contributed by atoms with Crippen LogP contribution in [0, 0.1) is 12.7 Å². The van der Waals surface area contributed by atoms with Gasteiger partial charge < -0.3 is 10.6 Å². The van der Waals surface area contributed by atoms with Gasteiger partial charge in [-0.1, -0.05) is 45.9 Å². The molecule has 0 bridgehead atoms. The number of rotatable bonds is 9. The molecule has 1 saturated heterocycles. The third-order valence-corrected chi connectivity index (χ3v) is 9.55. The maximum atomic E-state index is 15.4. The van der Waals surface area contributed by atoms with Crippen molar-refractivity contribution in [1.29, 1.82) is 0 Å². The average Bonchev–Trinajstić information content (AvgIpc) is 3.49. The van der Waals surface area contributed by atoms with Crippen LogP contribution in [0.2, 0.25) is 0 Å². The summed E-state index contributed by atoms with van der Waals surface area (Å²) in [5.41, 5.74) is 3.59. The topological polar surface area (TPSA) is 110 Å². The van der Waals surface area contributed by atoms with E-state index in [1.807, 2.05) is 58.2 Å². The highest BCUT2D eigenvalue weighted by molar-refractivity contribution is 5.83. The largest absolute Gasteiger partial charge is 0.336 e. The molecule has 10 nitrogen and oxygen atoms in total. The predicted octanol–water partition coefficient (Wildman–Crippen LogP) is 5.99. The lowest BCUT2D eigenvalue weighted by molar-refractivity contribution is 0.204. The highest BCUT2D eigenvalue weighted by Gasteiger charge is 2.29. The number of benzene rings is 2. The molecule has 2 N–H and O–H groups in total. The summed E-state index contributed by atoms with van der Waals surface area (Å²) in [7, 11) is 1.59. The molecule has 3 aromatic heterocycles. The van der Waals surface area contributed by atoms with Gasteiger partial charge in [0.25, 0.3) is 11.1 Å². The molecule has 4 heterocycles. The number of nitrogens with zero attached hydrogens (tertiary/aromatic N) is 6. The van der Waals surface area contributed by atoms with E-state index < -0.39 is 11.4 Å². The first-order valence-corrected chi connectivity index (χ1v) is 16.9. The number of hydrogen-bond acceptors (Lipinski definition) is 8. The third-order valence-electron chi connectivity index (χ3n) is 9.55. The SMILES string of the molecule is CCN(Cc1ccc(Nc2cc(-c3cccc(-n4ncc5cc(C(C)(C)C)cc(F)c5c4=O)c3C)nn(C)c2=O)nc1)CC1(C)CCCN1. The summed E-state index contributed by atoms with van der Waals surface area (Å²) < 4.78 is 17.9. The number of anilines is 2. The number of aryl methyl sites for hydroxylation is 1. The molecule has 0 spiro atoms. The molecule has 0 aliphatic carbocycles. The normalized spacial score (nSPS) is 16.5. The minimum Gasteiger partial charge on any atom is -0.336 e. The Morgan fingerprint density at radius 3 is 2.55 bits per heavy atom. The lowest BCUT2D eigenvalue weighted by atomic mass is 9.86. The second-order valence-corrected chi connectivity index (χ2v) is 14.4. The fourth-order valence-electron chi connectivity index (χ4n) is 6.65. The van der Waals surface area contributed by atoms with Gasteiger partial charge in [-0.3, -0.25) is 14.5 Å². The first-order valence-electron chi connectivity index (χ1n) is 16.9. The van der Waals surface area contributed by atoms with Gasteiger partial charge in [0, 0.05) is 42.8 Å². The number of hydrogen-bond donors (Lipinski definition) is 2. The number of likely N-dealkylation sites (N-methyl/N-ethyl adjacent to an activating group) is 1. The van der Waals surface area contributed by atoms with Crippen LogP contribution in [0.15, 0.2) is 70.5 Å². The molecule has 2 aromatic carbocycles. The quantitative estimate of drug-likeness (QED) is 0.198. The Balaban J connectivity index is 1.27. The molecule has 5 aromatic rings. The van der Waals surface area contributed by atoms with Gasteiger partial charge in [0.05, 0.1) is 23.0 Å². The second kappa shape index (κ2) is 13.3. The van der Waals surface area contributed by atoms with Gasteiger partial charge in [-0.15, -0.1) is 0 Å². The number of aromatic nitrogens is 5. The van der Waals surface area contributed by atoms with E-state index in [0.29, 0.717) is 39.4 Å². The Hall–Kier alpha value is -4.74. The summed E-state index contributed by atoms with van der Waals surface area (Å²) in [6.07, 6.45) is 5.75. The van der Waals surface area contributed by atoms with E-state index in [-0.39, 0.29) is 21.9 Å². The zero-order valence-electron chi connectivity index (χ0n) is 29.4. The fraction of sp³-hybridized carbons (Fsp3) is 0.395. The molecule has 1 fully saturated rings. The zero-order valence-corrected chi connectivity index (χ0v) is 29.4. The van der Waals surface area contributed by atoms with Crippen molar-refractivity contribution in [2.45, 2.75) is 71.9 Å². The highest BCUT2D eigenvalue weighted by Crippen LogP contribution is 2.29. The molecule has 6 rings (SSSR count). The molecule has 1 atom stereocenters. The zero-order chi connectivity index (χ0) is 35.1. The van der Waals surface area contributed by atoms with Crippen molar-refractivity contribution in [3.63, 3.8) is 0 Å². The Labute approximate surface area is 286 Å². The molecule has 0 amide bonds. The number of pyridine rings is 1. The van der Waals surface area contributed by atoms with Crippen molar-refractivity contribution in [2.75, 3.05) is 25.0 Å². The minimum atomic E-state index is -0.576. The van der Waals surface area contributed by atoms with Crippen molar-refractivity contribution >= 4 is 22.3 Å². The molecular formula is C38H45FN8O2. The van der Waals surface area contributed by atoms with Gasteiger partial charge >= 0.3 is 0 Å². The van der Waals surface area contributed by atoms with Gasteiger partial charge in [-0.2, -0.15) is 14.9 Å². The van der Waals surface area contributed by atoms with Gasteiger partial charge in [0.15, 0.2) is 0 Å². The van der Waals surface area contributed by atoms with Crippen LogP contribution in [0.4, 0.5) is 15.9 Å². The lowest BCUT2D eigenvalue weighted by Crippen LogP contribution is -2.47. The fourth-order valence-corrected chi connectivity index (χ4v) is 6.65. The minimum absolute atomic E-state index is 0.0134. The van der Waals surface area contributed by atoms with Crippen LogP contribution in [-0.2, 0) is 19.0 Å². The summed E-state index contributed by atoms with van der Waals surface area (Å²) in [6, 6.07) is 14.3. The van der Waals surface area contributed by atoms with Crippen molar-refractivity contribution < 1.29 is 4.39 Å². The van der Waals surface area contributed by atoms with Gasteiger partial charge in [0.1, 0.15) is 17.3 Å². The van der Waals surface area contributed by atoms with Crippen LogP contribution in [0.3, 0.4) is 0 Å². The standard InChI is InChI=1S/C38H45FN8O2/c1-8-46(23-38(6)15-10-16-41-38)22-25-13-14-33(40-20-25)43-31-19-30(44-45(7)35(31)48)28-11-9-12-32(24(28)2)47-36(49)34-26(21-42-47)17-27(18-29(34)39)37(3,4)5/h9,11-14,17-21,41H,8,10,15-16,22-23H2,1-7H3,(H,40,43). The molecular weight excluding hydrogens is 619 g/mol. The van der Waals surface area contributed by atoms with Crippen LogP contribution in [0.25, 0.3) is 27.7 Å². The van der Waals surface area contributed by atoms with Gasteiger partial charge in [-0.25, -0.2) is 14.1 Å². The molecule has 256 valence electrons. The summed E-state index contributed by atoms with van der Waals surface area (Å²) in [5, 5.41) is 16.2. The van der Waals surface area contributed by atoms with Crippen LogP contribution in [0.5, 0.6) is 0 Å². The Morgan fingerprint density at radius 1 is 1.08 bits per heavy atom. The summed E-state index contributed by atoms with van der Waals surface area (Å²) in [4.78, 5) is 33.8. The van der Waals surface area contributed by atoms with E-state index in [0.717, 1.165) is 37.3 Å². The summed E-state index contributed by atoms with van der Waals surface area (Å²) >= 11 is 0. The van der Waals surface area contributed by atoms with E-state index in [1.165, 1.54) is 34.5 Å². The number of nitrogens with one attached hydrogen (secondary N) is 2. The molecule has 1 unspecified atom stereocenters. The monoisotopic (exact) mass is 664 g/mol. The van der Waals surface area contributed by atoms with Gasteiger partial charge in [0.2, 0.25) is 0 Å². The van der Waals surface area contributed by atoms with E-state index in [2.05, 4.69) is 44.6 Å². The maximum Gasteiger partial charge on any atom is 0.290 e. The number of fused-ring (bicyclic) bond motifs is 1.